The zero-order chi connectivity index (χ0) is 18.3. The van der Waals surface area contributed by atoms with Crippen LogP contribution in [-0.2, 0) is 6.42 Å². The van der Waals surface area contributed by atoms with Gasteiger partial charge in [0.1, 0.15) is 6.54 Å². The quantitative estimate of drug-likeness (QED) is 0.735. The minimum atomic E-state index is 0. The van der Waals surface area contributed by atoms with Crippen molar-refractivity contribution in [1.82, 2.24) is 0 Å². The Morgan fingerprint density at radius 3 is 2.11 bits per heavy atom. The van der Waals surface area contributed by atoms with Crippen molar-refractivity contribution in [3.05, 3.63) is 41.0 Å². The lowest BCUT2D eigenvalue weighted by Crippen LogP contribution is -3.00. The molecule has 2 aromatic rings. The molecule has 0 amide bonds. The standard InChI is InChI=1S/C20H22N2O4.ClH/c1-23-16-7-12-5-6-22-11-13-8-17(24-2)19(26-4)10-15(13)21-20(22)14(12)9-18(16)25-3;/h7-11,20H,5-6H2,1-4H3;1H. The van der Waals surface area contributed by atoms with Gasteiger partial charge in [0.25, 0.3) is 6.17 Å². The summed E-state index contributed by atoms with van der Waals surface area (Å²) in [5.74, 6) is 2.95. The summed E-state index contributed by atoms with van der Waals surface area (Å²) in [4.78, 5) is 0. The summed E-state index contributed by atoms with van der Waals surface area (Å²) in [5.41, 5.74) is 4.58. The van der Waals surface area contributed by atoms with Crippen LogP contribution in [0.5, 0.6) is 23.0 Å². The smallest absolute Gasteiger partial charge is 0.253 e. The van der Waals surface area contributed by atoms with Gasteiger partial charge in [-0.1, -0.05) is 0 Å². The molecule has 0 fully saturated rings. The number of ether oxygens (including phenoxy) is 4. The molecule has 2 aliphatic heterocycles. The summed E-state index contributed by atoms with van der Waals surface area (Å²) in [6, 6.07) is 8.13. The highest BCUT2D eigenvalue weighted by atomic mass is 35.5. The highest BCUT2D eigenvalue weighted by molar-refractivity contribution is 5.88. The van der Waals surface area contributed by atoms with Crippen LogP contribution in [0.4, 0.5) is 5.69 Å². The maximum atomic E-state index is 5.50. The van der Waals surface area contributed by atoms with Gasteiger partial charge in [-0.05, 0) is 23.8 Å². The minimum absolute atomic E-state index is 0. The Labute approximate surface area is 165 Å². The van der Waals surface area contributed by atoms with Gasteiger partial charge in [-0.3, -0.25) is 0 Å². The number of anilines is 1. The second kappa shape index (κ2) is 7.56. The SMILES string of the molecule is COc1cc2c(cc1OC)NC1c3cc(OC)c(OC)cc3CC[N+]1=C2.[Cl-]. The Bertz CT molecular complexity index is 898. The van der Waals surface area contributed by atoms with Crippen molar-refractivity contribution in [2.45, 2.75) is 12.6 Å². The molecular formula is C20H23ClN2O4. The van der Waals surface area contributed by atoms with Crippen molar-refractivity contribution >= 4 is 11.9 Å². The second-order valence-corrected chi connectivity index (χ2v) is 6.36. The third-order valence-electron chi connectivity index (χ3n) is 5.06. The van der Waals surface area contributed by atoms with Gasteiger partial charge in [-0.2, -0.15) is 0 Å². The van der Waals surface area contributed by atoms with E-state index in [0.717, 1.165) is 41.5 Å². The van der Waals surface area contributed by atoms with Crippen molar-refractivity contribution in [3.63, 3.8) is 0 Å². The van der Waals surface area contributed by atoms with Gasteiger partial charge < -0.3 is 36.7 Å². The monoisotopic (exact) mass is 390 g/mol. The molecule has 144 valence electrons. The first-order chi connectivity index (χ1) is 12.7. The van der Waals surface area contributed by atoms with Crippen LogP contribution in [0.15, 0.2) is 24.3 Å². The summed E-state index contributed by atoms with van der Waals surface area (Å²) >= 11 is 0. The molecule has 2 aliphatic rings. The highest BCUT2D eigenvalue weighted by Gasteiger charge is 2.35. The van der Waals surface area contributed by atoms with E-state index >= 15 is 0 Å². The van der Waals surface area contributed by atoms with Crippen molar-refractivity contribution < 1.29 is 35.9 Å². The van der Waals surface area contributed by atoms with Gasteiger partial charge in [0, 0.05) is 18.1 Å². The minimum Gasteiger partial charge on any atom is -1.00 e. The maximum Gasteiger partial charge on any atom is 0.253 e. The molecule has 1 N–H and O–H groups in total. The summed E-state index contributed by atoms with van der Waals surface area (Å²) in [6.07, 6.45) is 3.18. The molecule has 2 aromatic carbocycles. The fourth-order valence-electron chi connectivity index (χ4n) is 3.72. The lowest BCUT2D eigenvalue weighted by atomic mass is 9.95. The summed E-state index contributed by atoms with van der Waals surface area (Å²) in [7, 11) is 6.63. The van der Waals surface area contributed by atoms with Gasteiger partial charge >= 0.3 is 0 Å². The van der Waals surface area contributed by atoms with E-state index in [0.29, 0.717) is 5.75 Å². The second-order valence-electron chi connectivity index (χ2n) is 6.36. The average Bonchev–Trinajstić information content (AvgIpc) is 2.69. The van der Waals surface area contributed by atoms with Crippen LogP contribution in [0.3, 0.4) is 0 Å². The fraction of sp³-hybridized carbons (Fsp3) is 0.350. The summed E-state index contributed by atoms with van der Waals surface area (Å²) < 4.78 is 24.1. The Morgan fingerprint density at radius 1 is 0.852 bits per heavy atom. The van der Waals surface area contributed by atoms with Gasteiger partial charge in [-0.15, -0.1) is 0 Å². The normalized spacial score (nSPS) is 16.4. The van der Waals surface area contributed by atoms with Crippen LogP contribution >= 0.6 is 0 Å². The summed E-state index contributed by atoms with van der Waals surface area (Å²) in [6.45, 7) is 0.925. The maximum absolute atomic E-state index is 5.50. The molecule has 27 heavy (non-hydrogen) atoms. The van der Waals surface area contributed by atoms with E-state index in [1.165, 1.54) is 11.1 Å². The molecule has 0 radical (unpaired) electrons. The number of halogens is 1. The van der Waals surface area contributed by atoms with Gasteiger partial charge in [0.15, 0.2) is 29.2 Å². The van der Waals surface area contributed by atoms with Gasteiger partial charge in [0.05, 0.1) is 39.7 Å². The molecule has 7 heteroatoms. The van der Waals surface area contributed by atoms with Gasteiger partial charge in [-0.25, -0.2) is 4.58 Å². The van der Waals surface area contributed by atoms with Crippen LogP contribution in [0, 0.1) is 0 Å². The number of hydrogen-bond acceptors (Lipinski definition) is 5. The molecule has 1 atom stereocenters. The van der Waals surface area contributed by atoms with Crippen molar-refractivity contribution in [2.24, 2.45) is 0 Å². The number of fused-ring (bicyclic) bond motifs is 4. The Kier molecular flexibility index (Phi) is 5.37. The van der Waals surface area contributed by atoms with E-state index in [9.17, 15) is 0 Å². The number of hydrogen-bond donors (Lipinski definition) is 1. The molecule has 0 aliphatic carbocycles. The molecule has 0 saturated carbocycles. The molecule has 2 heterocycles. The average molecular weight is 391 g/mol. The van der Waals surface area contributed by atoms with E-state index in [1.807, 2.05) is 12.1 Å². The third kappa shape index (κ3) is 3.14. The first-order valence-corrected chi connectivity index (χ1v) is 8.56. The van der Waals surface area contributed by atoms with E-state index in [1.54, 1.807) is 28.4 Å². The van der Waals surface area contributed by atoms with Crippen LogP contribution in [0.2, 0.25) is 0 Å². The summed E-state index contributed by atoms with van der Waals surface area (Å²) in [5, 5.41) is 3.63. The van der Waals surface area contributed by atoms with E-state index in [2.05, 4.69) is 28.2 Å². The van der Waals surface area contributed by atoms with Crippen molar-refractivity contribution in [2.75, 3.05) is 40.3 Å². The third-order valence-corrected chi connectivity index (χ3v) is 5.06. The van der Waals surface area contributed by atoms with Gasteiger partial charge in [0.2, 0.25) is 0 Å². The zero-order valence-corrected chi connectivity index (χ0v) is 16.6. The molecule has 0 saturated heterocycles. The van der Waals surface area contributed by atoms with Crippen molar-refractivity contribution in [1.29, 1.82) is 0 Å². The lowest BCUT2D eigenvalue weighted by molar-refractivity contribution is -0.566. The first-order valence-electron chi connectivity index (χ1n) is 8.56. The largest absolute Gasteiger partial charge is 1.00 e. The van der Waals surface area contributed by atoms with Crippen LogP contribution in [-0.4, -0.2) is 45.8 Å². The molecule has 1 unspecified atom stereocenters. The van der Waals surface area contributed by atoms with Crippen LogP contribution in [0.25, 0.3) is 0 Å². The number of nitrogens with one attached hydrogen (secondary N) is 1. The highest BCUT2D eigenvalue weighted by Crippen LogP contribution is 2.41. The van der Waals surface area contributed by atoms with E-state index in [4.69, 9.17) is 18.9 Å². The molecule has 0 bridgehead atoms. The molecular weight excluding hydrogens is 368 g/mol. The Hall–Kier alpha value is -2.60. The molecule has 0 aromatic heterocycles. The predicted octanol–water partition coefficient (Wildman–Crippen LogP) is -0.163. The van der Waals surface area contributed by atoms with E-state index in [-0.39, 0.29) is 18.6 Å². The fourth-order valence-corrected chi connectivity index (χ4v) is 3.72. The number of rotatable bonds is 4. The van der Waals surface area contributed by atoms with Crippen molar-refractivity contribution in [3.8, 4) is 23.0 Å². The van der Waals surface area contributed by atoms with Crippen LogP contribution in [0.1, 0.15) is 22.9 Å². The number of nitrogens with zero attached hydrogens (tertiary/aromatic N) is 1. The molecule has 6 nitrogen and oxygen atoms in total. The predicted molar refractivity (Wildman–Crippen MR) is 99.5 cm³/mol. The lowest BCUT2D eigenvalue weighted by Gasteiger charge is -2.30. The van der Waals surface area contributed by atoms with E-state index < -0.39 is 0 Å². The Morgan fingerprint density at radius 2 is 1.44 bits per heavy atom. The Balaban J connectivity index is 0.00000210. The van der Waals surface area contributed by atoms with Crippen LogP contribution < -0.4 is 36.7 Å². The topological polar surface area (TPSA) is 52.0 Å². The first kappa shape index (κ1) is 19.2. The number of benzene rings is 2. The number of methoxy groups -OCH3 is 4. The molecule has 4 rings (SSSR count). The molecule has 0 spiro atoms. The zero-order valence-electron chi connectivity index (χ0n) is 15.8.